The van der Waals surface area contributed by atoms with Crippen molar-refractivity contribution in [2.24, 2.45) is 0 Å². The SMILES string of the molecule is Clc1nc(Cl)nc(Cl)n1.Clc1nc(Cl)nc(Nc2ccccc2)n1.Oc1ccc(CCNc2nc(Cl)nc(Nc3ccccc3)n2)cc1.Oc1ccc(CCNc2nc(NCCNc3nc(NCCc4ccc(O)cc4)nc(Nc4ccccc4)n3)nc(Nc3ccccc3)n2)cc1. The van der Waals surface area contributed by atoms with Gasteiger partial charge in [0, 0.05) is 55.5 Å². The topological polar surface area (TPSA) is 362 Å². The smallest absolute Gasteiger partial charge is 0.233 e. The number of nitrogens with zero attached hydrogens (tertiary/aromatic N) is 15. The van der Waals surface area contributed by atoms with Crippen molar-refractivity contribution in [3.8, 4) is 17.2 Å². The van der Waals surface area contributed by atoms with Crippen molar-refractivity contribution in [1.82, 2.24) is 74.8 Å². The molecule has 98 heavy (non-hydrogen) atoms. The molecule has 27 nitrogen and oxygen atoms in total. The fourth-order valence-electron chi connectivity index (χ4n) is 8.24. The zero-order valence-electron chi connectivity index (χ0n) is 51.4. The predicted molar refractivity (Wildman–Crippen MR) is 386 cm³/mol. The molecule has 0 unspecified atom stereocenters. The Bertz CT molecular complexity index is 4180. The lowest BCUT2D eigenvalue weighted by molar-refractivity contribution is 0.474. The van der Waals surface area contributed by atoms with E-state index >= 15 is 0 Å². The van der Waals surface area contributed by atoms with Gasteiger partial charge in [-0.05, 0) is 190 Å². The average Bonchev–Trinajstić information content (AvgIpc) is 0.991. The number of aromatic hydroxyl groups is 3. The Morgan fingerprint density at radius 1 is 0.214 bits per heavy atom. The lowest BCUT2D eigenvalue weighted by atomic mass is 10.1. The molecule has 12 rings (SSSR count). The normalized spacial score (nSPS) is 10.4. The van der Waals surface area contributed by atoms with Crippen molar-refractivity contribution >= 4 is 146 Å². The monoisotopic (exact) mass is 1430 g/mol. The summed E-state index contributed by atoms with van der Waals surface area (Å²) in [7, 11) is 0. The van der Waals surface area contributed by atoms with Gasteiger partial charge in [0.05, 0.1) is 0 Å². The first-order valence-electron chi connectivity index (χ1n) is 29.7. The van der Waals surface area contributed by atoms with Crippen LogP contribution in [0.5, 0.6) is 17.2 Å². The molecular weight excluding hydrogens is 1380 g/mol. The Hall–Kier alpha value is -11.1. The first-order valence-corrected chi connectivity index (χ1v) is 32.0. The molecule has 0 atom stereocenters. The molecule has 0 saturated carbocycles. The van der Waals surface area contributed by atoms with E-state index in [9.17, 15) is 15.3 Å². The van der Waals surface area contributed by atoms with Gasteiger partial charge in [0.25, 0.3) is 0 Å². The van der Waals surface area contributed by atoms with Crippen LogP contribution in [-0.2, 0) is 19.3 Å². The molecule has 33 heteroatoms. The van der Waals surface area contributed by atoms with Gasteiger partial charge in [0.15, 0.2) is 0 Å². The average molecular weight is 1440 g/mol. The number of para-hydroxylation sites is 4. The highest BCUT2D eigenvalue weighted by Crippen LogP contribution is 2.22. The van der Waals surface area contributed by atoms with Crippen LogP contribution in [0, 0.1) is 0 Å². The van der Waals surface area contributed by atoms with Crippen molar-refractivity contribution in [2.75, 3.05) is 80.6 Å². The zero-order valence-corrected chi connectivity index (χ0v) is 56.0. The largest absolute Gasteiger partial charge is 0.508 e. The fraction of sp³-hybridized carbons (Fsp3) is 0.123. The van der Waals surface area contributed by atoms with Gasteiger partial charge in [-0.15, -0.1) is 0 Å². The first-order chi connectivity index (χ1) is 47.6. The molecule has 0 aliphatic heterocycles. The van der Waals surface area contributed by atoms with Crippen LogP contribution in [0.25, 0.3) is 0 Å². The number of phenols is 3. The van der Waals surface area contributed by atoms with Crippen LogP contribution < -0.4 is 47.9 Å². The van der Waals surface area contributed by atoms with E-state index in [0.29, 0.717) is 86.3 Å². The summed E-state index contributed by atoms with van der Waals surface area (Å²) in [5, 5.41) is 57.4. The molecule has 7 aromatic carbocycles. The number of aromatic nitrogens is 15. The molecule has 12 N–H and O–H groups in total. The number of nitrogens with one attached hydrogen (secondary N) is 9. The number of hydrogen-bond donors (Lipinski definition) is 12. The predicted octanol–water partition coefficient (Wildman–Crippen LogP) is 14.2. The minimum absolute atomic E-state index is 0.000000000000000444. The quantitative estimate of drug-likeness (QED) is 0.0236. The molecule has 5 heterocycles. The van der Waals surface area contributed by atoms with Gasteiger partial charge in [-0.25, -0.2) is 0 Å². The second-order valence-electron chi connectivity index (χ2n) is 20.1. The summed E-state index contributed by atoms with van der Waals surface area (Å²) in [6.45, 7) is 2.72. The minimum atomic E-state index is 0.000000000000000444. The molecule has 0 amide bonds. The summed E-state index contributed by atoms with van der Waals surface area (Å²) >= 11 is 33.2. The Morgan fingerprint density at radius 2 is 0.408 bits per heavy atom. The van der Waals surface area contributed by atoms with Gasteiger partial charge in [0.2, 0.25) is 85.2 Å². The van der Waals surface area contributed by atoms with E-state index in [4.69, 9.17) is 69.6 Å². The van der Waals surface area contributed by atoms with Crippen molar-refractivity contribution < 1.29 is 15.3 Å². The summed E-state index contributed by atoms with van der Waals surface area (Å²) < 4.78 is 0. The summed E-state index contributed by atoms with van der Waals surface area (Å²) in [6, 6.07) is 59.7. The number of halogens is 6. The third-order valence-corrected chi connectivity index (χ3v) is 13.7. The van der Waals surface area contributed by atoms with Crippen molar-refractivity contribution in [1.29, 1.82) is 0 Å². The summed E-state index contributed by atoms with van der Waals surface area (Å²) in [5.41, 5.74) is 6.68. The molecule has 12 aromatic rings. The molecule has 500 valence electrons. The summed E-state index contributed by atoms with van der Waals surface area (Å²) in [4.78, 5) is 61.6. The maximum Gasteiger partial charge on any atom is 0.233 e. The van der Waals surface area contributed by atoms with Crippen LogP contribution in [0.15, 0.2) is 194 Å². The molecule has 0 aliphatic rings. The molecule has 0 radical (unpaired) electrons. The van der Waals surface area contributed by atoms with Crippen molar-refractivity contribution in [2.45, 2.75) is 19.3 Å². The van der Waals surface area contributed by atoms with Gasteiger partial charge in [-0.3, -0.25) is 0 Å². The summed E-state index contributed by atoms with van der Waals surface area (Å²) in [6.07, 6.45) is 2.21. The van der Waals surface area contributed by atoms with Gasteiger partial charge in [0.1, 0.15) is 17.2 Å². The number of phenolic OH excluding ortho intramolecular Hbond substituents is 3. The number of rotatable bonds is 25. The molecule has 0 bridgehead atoms. The van der Waals surface area contributed by atoms with E-state index in [1.807, 2.05) is 158 Å². The van der Waals surface area contributed by atoms with Gasteiger partial charge < -0.3 is 63.2 Å². The van der Waals surface area contributed by atoms with E-state index < -0.39 is 0 Å². The summed E-state index contributed by atoms with van der Waals surface area (Å²) in [5.74, 6) is 4.27. The molecule has 0 spiro atoms. The molecular formula is C65H60Cl6N24O3. The Kier molecular flexibility index (Phi) is 27.5. The van der Waals surface area contributed by atoms with Crippen LogP contribution in [0.4, 0.5) is 76.3 Å². The maximum absolute atomic E-state index is 9.57. The maximum atomic E-state index is 9.57. The highest BCUT2D eigenvalue weighted by molar-refractivity contribution is 6.33. The number of hydrogen-bond acceptors (Lipinski definition) is 27. The highest BCUT2D eigenvalue weighted by Gasteiger charge is 2.12. The number of anilines is 13. The van der Waals surface area contributed by atoms with E-state index in [1.165, 1.54) is 0 Å². The zero-order chi connectivity index (χ0) is 68.7. The van der Waals surface area contributed by atoms with Gasteiger partial charge >= 0.3 is 0 Å². The second kappa shape index (κ2) is 37.9. The Labute approximate surface area is 591 Å². The van der Waals surface area contributed by atoms with Crippen molar-refractivity contribution in [3.05, 3.63) is 243 Å². The van der Waals surface area contributed by atoms with Crippen LogP contribution >= 0.6 is 69.6 Å². The molecule has 0 saturated heterocycles. The van der Waals surface area contributed by atoms with Crippen LogP contribution in [0.2, 0.25) is 31.7 Å². The lowest BCUT2D eigenvalue weighted by Crippen LogP contribution is -2.19. The van der Waals surface area contributed by atoms with E-state index in [2.05, 4.69) is 123 Å². The van der Waals surface area contributed by atoms with Crippen LogP contribution in [-0.4, -0.2) is 123 Å². The highest BCUT2D eigenvalue weighted by atomic mass is 35.5. The van der Waals surface area contributed by atoms with Crippen LogP contribution in [0.3, 0.4) is 0 Å². The third-order valence-electron chi connectivity index (χ3n) is 12.7. The standard InChI is InChI=1S/C36H38N12O2.C17H16ClN5O.C9H6Cl2N4.C3Cl3N3/c49-29-15-11-25(12-16-29)19-21-37-31-43-33(47-35(45-31)41-27-7-3-1-4-8-27)39-23-24-40-34-44-32(38-22-20-26-13-17-30(50)18-14-26)46-36(48-34)42-28-9-5-2-6-10-28;18-15-21-16(19-11-10-12-6-8-14(24)9-7-12)23-17(22-15)20-13-4-2-1-3-5-13;10-7-13-8(11)15-9(14-7)12-6-4-2-1-3-5-6;4-1-7-2(5)9-3(6)8-1/h1-18,49-50H,19-24H2,(H3,37,39,41,43,45,47)(H3,38,40,42,44,46,48);1-9,24H,10-11H2,(H2,19,20,21,22,23);1-5H,(H,12,13,14,15);. The molecule has 0 fully saturated rings. The Balaban J connectivity index is 0.000000190. The van der Waals surface area contributed by atoms with Crippen LogP contribution in [0.1, 0.15) is 16.7 Å². The second-order valence-corrected chi connectivity index (χ2v) is 22.1. The van der Waals surface area contributed by atoms with Crippen molar-refractivity contribution in [3.63, 3.8) is 0 Å². The van der Waals surface area contributed by atoms with Gasteiger partial charge in [-0.2, -0.15) is 74.8 Å². The Morgan fingerprint density at radius 3 is 0.684 bits per heavy atom. The van der Waals surface area contributed by atoms with E-state index in [-0.39, 0.29) is 49.0 Å². The van der Waals surface area contributed by atoms with E-state index in [1.54, 1.807) is 36.4 Å². The lowest BCUT2D eigenvalue weighted by Gasteiger charge is -2.13. The molecule has 5 aromatic heterocycles. The first kappa shape index (κ1) is 71.2. The van der Waals surface area contributed by atoms with Gasteiger partial charge in [-0.1, -0.05) is 109 Å². The number of benzene rings is 7. The third kappa shape index (κ3) is 25.9. The molecule has 0 aliphatic carbocycles. The minimum Gasteiger partial charge on any atom is -0.508 e. The van der Waals surface area contributed by atoms with E-state index in [0.717, 1.165) is 58.7 Å². The fourth-order valence-corrected chi connectivity index (χ4v) is 9.38.